The van der Waals surface area contributed by atoms with Gasteiger partial charge < -0.3 is 45.5 Å². The van der Waals surface area contributed by atoms with Crippen molar-refractivity contribution in [3.05, 3.63) is 0 Å². The Bertz CT molecular complexity index is 139. The zero-order valence-electron chi connectivity index (χ0n) is 8.47. The normalized spacial score (nSPS) is 10.1. The average Bonchev–Trinajstić information content (AvgIpc) is 1.81. The molecule has 0 fully saturated rings. The molecule has 0 radical (unpaired) electrons. The Labute approximate surface area is 172 Å². The van der Waals surface area contributed by atoms with Crippen LogP contribution in [0.5, 0.6) is 0 Å². The smallest absolute Gasteiger partial charge is 0.790 e. The molecule has 0 aliphatic rings. The molecule has 0 saturated heterocycles. The van der Waals surface area contributed by atoms with E-state index in [1.54, 1.807) is 0 Å². The number of phosphoric ester groups is 1. The van der Waals surface area contributed by atoms with Crippen LogP contribution in [0.25, 0.3) is 0 Å². The summed E-state index contributed by atoms with van der Waals surface area (Å²) in [5.74, 6) is 0. The molecule has 0 amide bonds. The molecule has 0 aliphatic carbocycles. The largest absolute Gasteiger partial charge is 1.00 e. The van der Waals surface area contributed by atoms with E-state index in [4.69, 9.17) is 10.2 Å². The summed E-state index contributed by atoms with van der Waals surface area (Å²) in [4.78, 5) is 19.4. The van der Waals surface area contributed by atoms with Crippen molar-refractivity contribution in [1.29, 1.82) is 0 Å². The summed E-state index contributed by atoms with van der Waals surface area (Å²) >= 11 is 0. The van der Waals surface area contributed by atoms with E-state index in [1.165, 1.54) is 0 Å². The molecule has 8 N–H and O–H groups in total. The van der Waals surface area contributed by atoms with E-state index in [2.05, 4.69) is 4.52 Å². The number of aliphatic hydroxyl groups excluding tert-OH is 2. The average molecular weight is 302 g/mol. The van der Waals surface area contributed by atoms with Gasteiger partial charge >= 0.3 is 103 Å². The van der Waals surface area contributed by atoms with Crippen molar-refractivity contribution in [2.45, 2.75) is 6.10 Å². The van der Waals surface area contributed by atoms with Crippen LogP contribution in [0.2, 0.25) is 0 Å². The molecule has 15 heavy (non-hydrogen) atoms. The van der Waals surface area contributed by atoms with Gasteiger partial charge in [0.05, 0.1) is 21.0 Å². The van der Waals surface area contributed by atoms with Crippen molar-refractivity contribution in [1.82, 2.24) is 0 Å². The van der Waals surface area contributed by atoms with Gasteiger partial charge in [-0.25, -0.2) is 0 Å². The first-order chi connectivity index (χ1) is 4.45. The molecule has 0 aromatic rings. The minimum absolute atomic E-state index is 0. The quantitative estimate of drug-likeness (QED) is 0.380. The second kappa shape index (κ2) is 19.5. The molecule has 1 unspecified atom stereocenters. The number of aliphatic hydroxyl groups is 2. The first kappa shape index (κ1) is 36.2. The molecule has 0 aromatic carbocycles. The first-order valence-electron chi connectivity index (χ1n) is 2.41. The van der Waals surface area contributed by atoms with E-state index in [-0.39, 0.29) is 119 Å². The third-order valence-electron chi connectivity index (χ3n) is 0.636. The van der Waals surface area contributed by atoms with Crippen molar-refractivity contribution in [3.8, 4) is 0 Å². The third-order valence-corrected chi connectivity index (χ3v) is 1.10. The molecular weight excluding hydrogens is 289 g/mol. The minimum Gasteiger partial charge on any atom is -0.790 e. The van der Waals surface area contributed by atoms with Gasteiger partial charge in [-0.05, 0) is 0 Å². The van der Waals surface area contributed by atoms with Gasteiger partial charge in [-0.1, -0.05) is 0 Å². The monoisotopic (exact) mass is 302 g/mol. The molecule has 0 rings (SSSR count). The Balaban J connectivity index is -0.0000000405. The molecule has 0 saturated carbocycles. The van der Waals surface area contributed by atoms with E-state index in [1.807, 2.05) is 0 Å². The van der Waals surface area contributed by atoms with Gasteiger partial charge in [0.1, 0.15) is 6.10 Å². The zero-order chi connectivity index (χ0) is 8.20. The SMILES string of the molecule is O.O.O.O=P([O-])([O-])OCC(O)CO.[K+].[K+]. The number of rotatable bonds is 4. The van der Waals surface area contributed by atoms with Gasteiger partial charge in [-0.15, -0.1) is 0 Å². The first-order valence-corrected chi connectivity index (χ1v) is 3.87. The summed E-state index contributed by atoms with van der Waals surface area (Å²) < 4.78 is 13.3. The summed E-state index contributed by atoms with van der Waals surface area (Å²) in [5, 5.41) is 16.6. The fourth-order valence-corrected chi connectivity index (χ4v) is 0.585. The maximum Gasteiger partial charge on any atom is 1.00 e. The Morgan fingerprint density at radius 1 is 1.20 bits per heavy atom. The molecule has 12 heteroatoms. The van der Waals surface area contributed by atoms with E-state index in [9.17, 15) is 14.4 Å². The van der Waals surface area contributed by atoms with Crippen molar-refractivity contribution in [2.24, 2.45) is 0 Å². The molecule has 9 nitrogen and oxygen atoms in total. The van der Waals surface area contributed by atoms with Crippen LogP contribution in [0.15, 0.2) is 0 Å². The fraction of sp³-hybridized carbons (Fsp3) is 1.00. The van der Waals surface area contributed by atoms with Crippen molar-refractivity contribution >= 4 is 7.82 Å². The summed E-state index contributed by atoms with van der Waals surface area (Å²) in [5.41, 5.74) is 0. The standard InChI is InChI=1S/C3H9O6P.2K.3H2O/c4-1-3(5)2-9-10(6,7)8;;;;;/h3-5H,1-2H2,(H2,6,7,8);;;3*1H2/q;2*+1;;;/p-2. The molecule has 1 atom stereocenters. The van der Waals surface area contributed by atoms with Crippen molar-refractivity contribution in [2.75, 3.05) is 13.2 Å². The second-order valence-corrected chi connectivity index (χ2v) is 2.73. The maximum absolute atomic E-state index is 9.71. The Morgan fingerprint density at radius 3 is 1.73 bits per heavy atom. The van der Waals surface area contributed by atoms with Crippen LogP contribution in [-0.2, 0) is 9.09 Å². The topological polar surface area (TPSA) is 207 Å². The van der Waals surface area contributed by atoms with E-state index < -0.39 is 27.1 Å². The fourth-order valence-electron chi connectivity index (χ4n) is 0.230. The van der Waals surface area contributed by atoms with Crippen LogP contribution < -0.4 is 113 Å². The molecule has 0 aromatic heterocycles. The van der Waals surface area contributed by atoms with Gasteiger partial charge in [0, 0.05) is 0 Å². The predicted octanol–water partition coefficient (Wildman–Crippen LogP) is -11.3. The molecule has 86 valence electrons. The van der Waals surface area contributed by atoms with Crippen LogP contribution in [0, 0.1) is 0 Å². The van der Waals surface area contributed by atoms with Gasteiger partial charge in [-0.2, -0.15) is 0 Å². The van der Waals surface area contributed by atoms with Gasteiger partial charge in [0.25, 0.3) is 0 Å². The van der Waals surface area contributed by atoms with Crippen LogP contribution in [0.3, 0.4) is 0 Å². The van der Waals surface area contributed by atoms with Gasteiger partial charge in [0.15, 0.2) is 0 Å². The van der Waals surface area contributed by atoms with Crippen LogP contribution in [-0.4, -0.2) is 46.0 Å². The minimum atomic E-state index is -5.00. The summed E-state index contributed by atoms with van der Waals surface area (Å²) in [6, 6.07) is 0. The Kier molecular flexibility index (Phi) is 47.1. The molecular formula is C3H13K2O9P. The number of hydrogen-bond acceptors (Lipinski definition) is 6. The van der Waals surface area contributed by atoms with E-state index >= 15 is 0 Å². The number of phosphoric acid groups is 1. The van der Waals surface area contributed by atoms with Crippen LogP contribution >= 0.6 is 7.82 Å². The van der Waals surface area contributed by atoms with Gasteiger partial charge in [0.2, 0.25) is 0 Å². The van der Waals surface area contributed by atoms with E-state index in [0.29, 0.717) is 0 Å². The molecule has 0 spiro atoms. The predicted molar refractivity (Wildman–Crippen MR) is 37.5 cm³/mol. The zero-order valence-corrected chi connectivity index (χ0v) is 15.6. The van der Waals surface area contributed by atoms with Gasteiger partial charge in [-0.3, -0.25) is 0 Å². The molecule has 0 heterocycles. The Morgan fingerprint density at radius 2 is 1.53 bits per heavy atom. The van der Waals surface area contributed by atoms with E-state index in [0.717, 1.165) is 0 Å². The summed E-state index contributed by atoms with van der Waals surface area (Å²) in [6.45, 7) is -1.33. The molecule has 0 bridgehead atoms. The van der Waals surface area contributed by atoms with Crippen molar-refractivity contribution in [3.63, 3.8) is 0 Å². The van der Waals surface area contributed by atoms with Crippen molar-refractivity contribution < 1.29 is 148 Å². The summed E-state index contributed by atoms with van der Waals surface area (Å²) in [7, 11) is -5.00. The summed E-state index contributed by atoms with van der Waals surface area (Å²) in [6.07, 6.45) is -1.32. The maximum atomic E-state index is 9.71. The number of hydrogen-bond donors (Lipinski definition) is 2. The molecule has 0 aliphatic heterocycles. The third kappa shape index (κ3) is 31.7. The Hall–Kier alpha value is 3.18. The second-order valence-electron chi connectivity index (χ2n) is 1.58. The van der Waals surface area contributed by atoms with Crippen LogP contribution in [0.4, 0.5) is 0 Å². The van der Waals surface area contributed by atoms with Crippen LogP contribution in [0.1, 0.15) is 0 Å².